The summed E-state index contributed by atoms with van der Waals surface area (Å²) < 4.78 is 30.3. The maximum atomic E-state index is 13.5. The summed E-state index contributed by atoms with van der Waals surface area (Å²) in [5, 5.41) is 6.79. The lowest BCUT2D eigenvalue weighted by Gasteiger charge is -2.29. The Morgan fingerprint density at radius 3 is 2.65 bits per heavy atom. The fraction of sp³-hybridized carbons (Fsp3) is 0.375. The number of anilines is 2. The number of halogens is 2. The topological polar surface area (TPSA) is 94.6 Å². The third kappa shape index (κ3) is 5.59. The largest absolute Gasteiger partial charge is 0.493 e. The standard InChI is InChI=1S/C24H26ClFN4O4/c1-3-33-24(31)30-14-4-7-16(8-5-14)34-22-11-17-20(12-21(22)32-2)27-13-28-23(17)29-15-6-9-19(26)18(25)10-15/h6,9-14,16H,3-5,7-8H2,1-2H3,(H,30,31)(H,27,28,29)/t14-,16+. The van der Waals surface area contributed by atoms with Gasteiger partial charge in [-0.25, -0.2) is 19.2 Å². The normalized spacial score (nSPS) is 17.8. The monoisotopic (exact) mass is 488 g/mol. The number of alkyl carbamates (subject to hydrolysis) is 1. The Labute approximate surface area is 201 Å². The van der Waals surface area contributed by atoms with Crippen LogP contribution in [-0.2, 0) is 4.74 Å². The Hall–Kier alpha value is -3.33. The van der Waals surface area contributed by atoms with Gasteiger partial charge in [-0.3, -0.25) is 0 Å². The van der Waals surface area contributed by atoms with Crippen molar-refractivity contribution in [1.82, 2.24) is 15.3 Å². The summed E-state index contributed by atoms with van der Waals surface area (Å²) in [6.45, 7) is 2.13. The van der Waals surface area contributed by atoms with E-state index in [9.17, 15) is 9.18 Å². The Morgan fingerprint density at radius 2 is 1.94 bits per heavy atom. The molecule has 34 heavy (non-hydrogen) atoms. The molecule has 8 nitrogen and oxygen atoms in total. The smallest absolute Gasteiger partial charge is 0.407 e. The van der Waals surface area contributed by atoms with Gasteiger partial charge in [-0.15, -0.1) is 0 Å². The molecule has 1 aliphatic rings. The Balaban J connectivity index is 1.52. The van der Waals surface area contributed by atoms with Crippen molar-refractivity contribution in [2.75, 3.05) is 19.0 Å². The van der Waals surface area contributed by atoms with E-state index in [0.29, 0.717) is 35.1 Å². The van der Waals surface area contributed by atoms with Crippen molar-refractivity contribution in [3.8, 4) is 11.5 Å². The van der Waals surface area contributed by atoms with Crippen LogP contribution in [0.2, 0.25) is 5.02 Å². The van der Waals surface area contributed by atoms with Crippen LogP contribution in [0, 0.1) is 5.82 Å². The number of hydrogen-bond acceptors (Lipinski definition) is 7. The molecule has 1 saturated carbocycles. The predicted molar refractivity (Wildman–Crippen MR) is 128 cm³/mol. The van der Waals surface area contributed by atoms with Crippen molar-refractivity contribution < 1.29 is 23.4 Å². The zero-order chi connectivity index (χ0) is 24.1. The van der Waals surface area contributed by atoms with Gasteiger partial charge in [0.2, 0.25) is 0 Å². The number of carbonyl (C=O) groups excluding carboxylic acids is 1. The number of ether oxygens (including phenoxy) is 3. The van der Waals surface area contributed by atoms with E-state index in [0.717, 1.165) is 31.1 Å². The molecule has 0 unspecified atom stereocenters. The number of nitrogens with one attached hydrogen (secondary N) is 2. The third-order valence-corrected chi connectivity index (χ3v) is 5.96. The second-order valence-electron chi connectivity index (χ2n) is 7.95. The number of hydrogen-bond donors (Lipinski definition) is 2. The maximum absolute atomic E-state index is 13.5. The highest BCUT2D eigenvalue weighted by atomic mass is 35.5. The van der Waals surface area contributed by atoms with Crippen molar-refractivity contribution in [2.24, 2.45) is 0 Å². The van der Waals surface area contributed by atoms with Crippen molar-refractivity contribution in [2.45, 2.75) is 44.8 Å². The summed E-state index contributed by atoms with van der Waals surface area (Å²) in [5.74, 6) is 1.18. The van der Waals surface area contributed by atoms with Crippen LogP contribution in [0.1, 0.15) is 32.6 Å². The number of carbonyl (C=O) groups is 1. The first-order valence-corrected chi connectivity index (χ1v) is 11.5. The maximum Gasteiger partial charge on any atom is 0.407 e. The van der Waals surface area contributed by atoms with Gasteiger partial charge in [0.1, 0.15) is 18.0 Å². The van der Waals surface area contributed by atoms with Crippen LogP contribution in [0.3, 0.4) is 0 Å². The zero-order valence-corrected chi connectivity index (χ0v) is 19.7. The van der Waals surface area contributed by atoms with Crippen molar-refractivity contribution in [1.29, 1.82) is 0 Å². The highest BCUT2D eigenvalue weighted by Gasteiger charge is 2.25. The molecule has 180 valence electrons. The average Bonchev–Trinajstić information content (AvgIpc) is 2.83. The van der Waals surface area contributed by atoms with Crippen LogP contribution >= 0.6 is 11.6 Å². The lowest BCUT2D eigenvalue weighted by molar-refractivity contribution is 0.120. The van der Waals surface area contributed by atoms with Gasteiger partial charge in [-0.05, 0) is 56.9 Å². The highest BCUT2D eigenvalue weighted by Crippen LogP contribution is 2.37. The van der Waals surface area contributed by atoms with Gasteiger partial charge in [0.25, 0.3) is 0 Å². The van der Waals surface area contributed by atoms with E-state index in [1.165, 1.54) is 18.5 Å². The number of rotatable bonds is 7. The lowest BCUT2D eigenvalue weighted by atomic mass is 9.93. The van der Waals surface area contributed by atoms with Crippen molar-refractivity contribution in [3.63, 3.8) is 0 Å². The molecule has 1 aliphatic carbocycles. The molecule has 4 rings (SSSR count). The molecule has 0 atom stereocenters. The first kappa shape index (κ1) is 23.8. The number of amides is 1. The SMILES string of the molecule is CCOC(=O)N[C@H]1CC[C@@H](Oc2cc3c(Nc4ccc(F)c(Cl)c4)ncnc3cc2OC)CC1. The number of nitrogens with zero attached hydrogens (tertiary/aromatic N) is 2. The summed E-state index contributed by atoms with van der Waals surface area (Å²) in [6, 6.07) is 8.07. The first-order chi connectivity index (χ1) is 16.5. The molecule has 0 aliphatic heterocycles. The molecule has 1 heterocycles. The van der Waals surface area contributed by atoms with Crippen molar-refractivity contribution in [3.05, 3.63) is 47.5 Å². The predicted octanol–water partition coefficient (Wildman–Crippen LogP) is 5.61. The molecular formula is C24H26ClFN4O4. The van der Waals surface area contributed by atoms with Gasteiger partial charge in [-0.2, -0.15) is 0 Å². The molecule has 2 aromatic carbocycles. The Morgan fingerprint density at radius 1 is 1.15 bits per heavy atom. The van der Waals surface area contributed by atoms with E-state index < -0.39 is 5.82 Å². The lowest BCUT2D eigenvalue weighted by Crippen LogP contribution is -2.40. The molecule has 0 bridgehead atoms. The van der Waals surface area contributed by atoms with Crippen LogP contribution in [0.5, 0.6) is 11.5 Å². The molecule has 1 aromatic heterocycles. The summed E-state index contributed by atoms with van der Waals surface area (Å²) in [7, 11) is 1.58. The van der Waals surface area contributed by atoms with Crippen molar-refractivity contribution >= 4 is 40.1 Å². The highest BCUT2D eigenvalue weighted by molar-refractivity contribution is 6.31. The van der Waals surface area contributed by atoms with Gasteiger partial charge in [-0.1, -0.05) is 11.6 Å². The molecule has 1 amide bonds. The van der Waals surface area contributed by atoms with Crippen LogP contribution in [0.25, 0.3) is 10.9 Å². The molecule has 0 radical (unpaired) electrons. The summed E-state index contributed by atoms with van der Waals surface area (Å²) >= 11 is 5.91. The second-order valence-corrected chi connectivity index (χ2v) is 8.36. The fourth-order valence-corrected chi connectivity index (χ4v) is 4.15. The van der Waals surface area contributed by atoms with E-state index >= 15 is 0 Å². The van der Waals surface area contributed by atoms with Gasteiger partial charge in [0.05, 0.1) is 30.4 Å². The van der Waals surface area contributed by atoms with Crippen LogP contribution < -0.4 is 20.1 Å². The molecular weight excluding hydrogens is 463 g/mol. The van der Waals surface area contributed by atoms with E-state index in [2.05, 4.69) is 20.6 Å². The number of benzene rings is 2. The molecule has 0 saturated heterocycles. The van der Waals surface area contributed by atoms with Gasteiger partial charge < -0.3 is 24.8 Å². The molecule has 10 heteroatoms. The summed E-state index contributed by atoms with van der Waals surface area (Å²) in [6.07, 6.45) is 4.18. The van der Waals surface area contributed by atoms with E-state index in [1.54, 1.807) is 26.2 Å². The third-order valence-electron chi connectivity index (χ3n) is 5.67. The van der Waals surface area contributed by atoms with Gasteiger partial charge >= 0.3 is 6.09 Å². The van der Waals surface area contributed by atoms with E-state index in [-0.39, 0.29) is 23.3 Å². The molecule has 0 spiro atoms. The number of fused-ring (bicyclic) bond motifs is 1. The van der Waals surface area contributed by atoms with Gasteiger partial charge in [0.15, 0.2) is 11.5 Å². The molecule has 2 N–H and O–H groups in total. The number of aromatic nitrogens is 2. The quantitative estimate of drug-likeness (QED) is 0.446. The van der Waals surface area contributed by atoms with Crippen LogP contribution in [0.4, 0.5) is 20.7 Å². The van der Waals surface area contributed by atoms with Crippen LogP contribution in [-0.4, -0.2) is 41.9 Å². The van der Waals surface area contributed by atoms with Crippen LogP contribution in [0.15, 0.2) is 36.7 Å². The second kappa shape index (κ2) is 10.7. The van der Waals surface area contributed by atoms with E-state index in [1.807, 2.05) is 6.07 Å². The molecule has 1 fully saturated rings. The van der Waals surface area contributed by atoms with Gasteiger partial charge in [0, 0.05) is 23.2 Å². The Bertz CT molecular complexity index is 1170. The minimum atomic E-state index is -0.493. The Kier molecular flexibility index (Phi) is 7.52. The first-order valence-electron chi connectivity index (χ1n) is 11.1. The summed E-state index contributed by atoms with van der Waals surface area (Å²) in [5.41, 5.74) is 1.26. The zero-order valence-electron chi connectivity index (χ0n) is 18.9. The average molecular weight is 489 g/mol. The fourth-order valence-electron chi connectivity index (χ4n) is 3.97. The van der Waals surface area contributed by atoms with E-state index in [4.69, 9.17) is 25.8 Å². The minimum Gasteiger partial charge on any atom is -0.493 e. The number of methoxy groups -OCH3 is 1. The summed E-state index contributed by atoms with van der Waals surface area (Å²) in [4.78, 5) is 20.3. The minimum absolute atomic E-state index is 0.0158. The molecule has 3 aromatic rings.